The van der Waals surface area contributed by atoms with E-state index in [2.05, 4.69) is 15.6 Å². The van der Waals surface area contributed by atoms with Crippen LogP contribution in [0, 0.1) is 5.92 Å². The average molecular weight is 493 g/mol. The van der Waals surface area contributed by atoms with Crippen molar-refractivity contribution in [2.45, 2.75) is 32.5 Å². The van der Waals surface area contributed by atoms with Gasteiger partial charge in [0.05, 0.1) is 6.54 Å². The van der Waals surface area contributed by atoms with Gasteiger partial charge >= 0.3 is 6.18 Å². The number of hydrogen-bond acceptors (Lipinski definition) is 3. The largest absolute Gasteiger partial charge is 0.406 e. The monoisotopic (exact) mass is 493 g/mol. The number of halogens is 4. The lowest BCUT2D eigenvalue weighted by Gasteiger charge is -2.22. The van der Waals surface area contributed by atoms with Crippen LogP contribution in [0.5, 0.6) is 0 Å². The minimum atomic E-state index is -4.43. The molecule has 0 bridgehead atoms. The van der Waals surface area contributed by atoms with Crippen molar-refractivity contribution in [3.05, 3.63) is 0 Å². The number of nitrogens with one attached hydrogen (secondary N) is 2. The van der Waals surface area contributed by atoms with Crippen LogP contribution in [0.3, 0.4) is 0 Å². The van der Waals surface area contributed by atoms with Crippen molar-refractivity contribution in [2.24, 2.45) is 10.9 Å². The molecule has 1 aliphatic rings. The van der Waals surface area contributed by atoms with Crippen molar-refractivity contribution in [3.8, 4) is 0 Å². The van der Waals surface area contributed by atoms with E-state index in [-0.39, 0.29) is 48.4 Å². The second-order valence-corrected chi connectivity index (χ2v) is 6.36. The molecule has 7 nitrogen and oxygen atoms in total. The Morgan fingerprint density at radius 2 is 1.96 bits per heavy atom. The highest BCUT2D eigenvalue weighted by molar-refractivity contribution is 14.0. The summed E-state index contributed by atoms with van der Waals surface area (Å²) in [4.78, 5) is 30.0. The third kappa shape index (κ3) is 8.41. The number of likely N-dealkylation sites (N-methyl/N-ethyl adjacent to an activating group) is 1. The lowest BCUT2D eigenvalue weighted by atomic mass is 10.2. The highest BCUT2D eigenvalue weighted by atomic mass is 127. The summed E-state index contributed by atoms with van der Waals surface area (Å²) in [6.07, 6.45) is -3.69. The third-order valence-electron chi connectivity index (χ3n) is 3.81. The number of aliphatic imine (C=N–C) groups is 1. The summed E-state index contributed by atoms with van der Waals surface area (Å²) in [5.41, 5.74) is 0. The third-order valence-corrected chi connectivity index (χ3v) is 3.81. The first kappa shape index (κ1) is 24.7. The number of alkyl halides is 3. The van der Waals surface area contributed by atoms with Gasteiger partial charge in [0, 0.05) is 39.1 Å². The molecule has 1 atom stereocenters. The van der Waals surface area contributed by atoms with Gasteiger partial charge in [-0.2, -0.15) is 13.2 Å². The van der Waals surface area contributed by atoms with E-state index in [1.807, 2.05) is 13.8 Å². The molecule has 1 rings (SSSR count). The van der Waals surface area contributed by atoms with E-state index in [1.165, 1.54) is 7.05 Å². The van der Waals surface area contributed by atoms with Crippen LogP contribution in [0.2, 0.25) is 0 Å². The standard InChI is InChI=1S/C15H26F3N5O2.HI/c1-10(2)13(25)23-6-5-11(8-23)21-14(19-3)20-7-12(24)22(4)9-15(16,17)18;/h10-11H,5-9H2,1-4H3,(H2,19,20,21);1H. The van der Waals surface area contributed by atoms with E-state index in [0.29, 0.717) is 23.9 Å². The Bertz CT molecular complexity index is 514. The van der Waals surface area contributed by atoms with Crippen molar-refractivity contribution >= 4 is 41.8 Å². The number of guanidine groups is 1. The van der Waals surface area contributed by atoms with Crippen molar-refractivity contribution < 1.29 is 22.8 Å². The van der Waals surface area contributed by atoms with Crippen LogP contribution in [-0.4, -0.2) is 80.1 Å². The molecule has 1 aliphatic heterocycles. The van der Waals surface area contributed by atoms with Gasteiger partial charge in [-0.1, -0.05) is 13.8 Å². The summed E-state index contributed by atoms with van der Waals surface area (Å²) in [5.74, 6) is -0.366. The summed E-state index contributed by atoms with van der Waals surface area (Å²) in [7, 11) is 2.60. The highest BCUT2D eigenvalue weighted by Gasteiger charge is 2.31. The summed E-state index contributed by atoms with van der Waals surface area (Å²) in [6, 6.07) is -0.0168. The van der Waals surface area contributed by atoms with Crippen LogP contribution in [-0.2, 0) is 9.59 Å². The van der Waals surface area contributed by atoms with Gasteiger partial charge in [-0.05, 0) is 6.42 Å². The molecule has 0 aliphatic carbocycles. The van der Waals surface area contributed by atoms with E-state index in [4.69, 9.17) is 0 Å². The van der Waals surface area contributed by atoms with Crippen molar-refractivity contribution in [2.75, 3.05) is 40.3 Å². The molecule has 0 aromatic heterocycles. The zero-order valence-corrected chi connectivity index (χ0v) is 17.7. The average Bonchev–Trinajstić information content (AvgIpc) is 2.96. The fourth-order valence-corrected chi connectivity index (χ4v) is 2.48. The predicted octanol–water partition coefficient (Wildman–Crippen LogP) is 1.05. The number of hydrogen-bond donors (Lipinski definition) is 2. The zero-order valence-electron chi connectivity index (χ0n) is 15.4. The first-order chi connectivity index (χ1) is 11.5. The summed E-state index contributed by atoms with van der Waals surface area (Å²) in [6.45, 7) is 3.25. The molecule has 0 spiro atoms. The van der Waals surface area contributed by atoms with Crippen LogP contribution < -0.4 is 10.6 Å². The smallest absolute Gasteiger partial charge is 0.352 e. The van der Waals surface area contributed by atoms with E-state index < -0.39 is 18.6 Å². The number of carbonyl (C=O) groups excluding carboxylic acids is 2. The van der Waals surface area contributed by atoms with Crippen molar-refractivity contribution in [1.82, 2.24) is 20.4 Å². The van der Waals surface area contributed by atoms with Crippen LogP contribution in [0.4, 0.5) is 13.2 Å². The topological polar surface area (TPSA) is 77.0 Å². The first-order valence-electron chi connectivity index (χ1n) is 8.10. The van der Waals surface area contributed by atoms with Crippen LogP contribution in [0.25, 0.3) is 0 Å². The normalized spacial score (nSPS) is 17.8. The molecule has 1 saturated heterocycles. The molecule has 0 saturated carbocycles. The molecular weight excluding hydrogens is 466 g/mol. The first-order valence-corrected chi connectivity index (χ1v) is 8.10. The predicted molar refractivity (Wildman–Crippen MR) is 103 cm³/mol. The van der Waals surface area contributed by atoms with Gasteiger partial charge < -0.3 is 20.4 Å². The number of carbonyl (C=O) groups is 2. The van der Waals surface area contributed by atoms with E-state index in [1.54, 1.807) is 4.90 Å². The molecule has 0 aromatic carbocycles. The maximum atomic E-state index is 12.3. The molecule has 0 aromatic rings. The van der Waals surface area contributed by atoms with Crippen LogP contribution in [0.1, 0.15) is 20.3 Å². The van der Waals surface area contributed by atoms with Gasteiger partial charge in [-0.3, -0.25) is 14.6 Å². The summed E-state index contributed by atoms with van der Waals surface area (Å²) >= 11 is 0. The minimum absolute atomic E-state index is 0. The van der Waals surface area contributed by atoms with Crippen LogP contribution in [0.15, 0.2) is 4.99 Å². The molecule has 1 heterocycles. The maximum absolute atomic E-state index is 12.3. The van der Waals surface area contributed by atoms with Crippen molar-refractivity contribution in [1.29, 1.82) is 0 Å². The van der Waals surface area contributed by atoms with E-state index in [0.717, 1.165) is 13.5 Å². The van der Waals surface area contributed by atoms with Crippen molar-refractivity contribution in [3.63, 3.8) is 0 Å². The quantitative estimate of drug-likeness (QED) is 0.341. The molecule has 11 heteroatoms. The van der Waals surface area contributed by atoms with E-state index in [9.17, 15) is 22.8 Å². The Hall–Kier alpha value is -1.27. The molecule has 1 unspecified atom stereocenters. The molecular formula is C15H27F3IN5O2. The second kappa shape index (κ2) is 10.8. The Morgan fingerprint density at radius 1 is 1.35 bits per heavy atom. The Balaban J connectivity index is 0.00000625. The number of nitrogens with zero attached hydrogens (tertiary/aromatic N) is 3. The Labute approximate surface area is 168 Å². The van der Waals surface area contributed by atoms with Gasteiger partial charge in [0.1, 0.15) is 6.54 Å². The van der Waals surface area contributed by atoms with Crippen LogP contribution >= 0.6 is 24.0 Å². The maximum Gasteiger partial charge on any atom is 0.406 e. The molecule has 2 amide bonds. The molecule has 26 heavy (non-hydrogen) atoms. The number of likely N-dealkylation sites (tertiary alicyclic amines) is 1. The molecule has 2 N–H and O–H groups in total. The fraction of sp³-hybridized carbons (Fsp3) is 0.800. The fourth-order valence-electron chi connectivity index (χ4n) is 2.48. The lowest BCUT2D eigenvalue weighted by Crippen LogP contribution is -2.49. The Morgan fingerprint density at radius 3 is 2.46 bits per heavy atom. The van der Waals surface area contributed by atoms with Gasteiger partial charge in [0.25, 0.3) is 0 Å². The lowest BCUT2D eigenvalue weighted by molar-refractivity contribution is -0.157. The summed E-state index contributed by atoms with van der Waals surface area (Å²) < 4.78 is 36.8. The van der Waals surface area contributed by atoms with Gasteiger partial charge in [-0.25, -0.2) is 0 Å². The zero-order chi connectivity index (χ0) is 19.2. The molecule has 1 fully saturated rings. The summed E-state index contributed by atoms with van der Waals surface area (Å²) in [5, 5.41) is 5.79. The SMILES string of the molecule is CN=C(NCC(=O)N(C)CC(F)(F)F)NC1CCN(C(=O)C(C)C)C1.I. The van der Waals surface area contributed by atoms with Gasteiger partial charge in [0.15, 0.2) is 5.96 Å². The minimum Gasteiger partial charge on any atom is -0.352 e. The number of rotatable bonds is 5. The highest BCUT2D eigenvalue weighted by Crippen LogP contribution is 2.15. The van der Waals surface area contributed by atoms with E-state index >= 15 is 0 Å². The number of amides is 2. The molecule has 152 valence electrons. The molecule has 0 radical (unpaired) electrons. The van der Waals surface area contributed by atoms with Gasteiger partial charge in [0.2, 0.25) is 11.8 Å². The van der Waals surface area contributed by atoms with Gasteiger partial charge in [-0.15, -0.1) is 24.0 Å². The Kier molecular flexibility index (Phi) is 10.2. The second-order valence-electron chi connectivity index (χ2n) is 6.36.